The molecule has 5 heteroatoms. The number of hydrogen-bond donors (Lipinski definition) is 1. The van der Waals surface area contributed by atoms with Gasteiger partial charge in [-0.2, -0.15) is 0 Å². The molecule has 0 heterocycles. The van der Waals surface area contributed by atoms with Gasteiger partial charge in [0.25, 0.3) is 0 Å². The van der Waals surface area contributed by atoms with E-state index in [1.165, 1.54) is 0 Å². The monoisotopic (exact) mass is 267 g/mol. The van der Waals surface area contributed by atoms with Gasteiger partial charge in [-0.25, -0.2) is 4.79 Å². The van der Waals surface area contributed by atoms with E-state index in [1.807, 2.05) is 19.1 Å². The Morgan fingerprint density at radius 2 is 1.74 bits per heavy atom. The van der Waals surface area contributed by atoms with Crippen LogP contribution in [-0.2, 0) is 9.53 Å². The maximum atomic E-state index is 11.6. The third kappa shape index (κ3) is 4.44. The van der Waals surface area contributed by atoms with E-state index in [0.29, 0.717) is 24.7 Å². The average molecular weight is 267 g/mol. The summed E-state index contributed by atoms with van der Waals surface area (Å²) >= 11 is 0. The van der Waals surface area contributed by atoms with Crippen molar-refractivity contribution in [1.82, 2.24) is 0 Å². The first kappa shape index (κ1) is 15.3. The van der Waals surface area contributed by atoms with Crippen molar-refractivity contribution in [2.45, 2.75) is 26.3 Å². The van der Waals surface area contributed by atoms with Crippen molar-refractivity contribution in [3.05, 3.63) is 24.3 Å². The SMILES string of the molecule is CCOC(=O)C(C)(N)COc1ccccc1OCC. The Morgan fingerprint density at radius 3 is 2.26 bits per heavy atom. The highest BCUT2D eigenvalue weighted by atomic mass is 16.5. The molecule has 0 saturated carbocycles. The zero-order valence-corrected chi connectivity index (χ0v) is 11.6. The van der Waals surface area contributed by atoms with Gasteiger partial charge in [-0.3, -0.25) is 0 Å². The standard InChI is InChI=1S/C14H21NO4/c1-4-17-11-8-6-7-9-12(11)19-10-14(3,15)13(16)18-5-2/h6-9H,4-5,10,15H2,1-3H3. The quantitative estimate of drug-likeness (QED) is 0.762. The first-order valence-electron chi connectivity index (χ1n) is 6.32. The number of benzene rings is 1. The Hall–Kier alpha value is -1.75. The molecule has 5 nitrogen and oxygen atoms in total. The van der Waals surface area contributed by atoms with Gasteiger partial charge < -0.3 is 19.9 Å². The van der Waals surface area contributed by atoms with Gasteiger partial charge in [0.05, 0.1) is 13.2 Å². The minimum Gasteiger partial charge on any atom is -0.490 e. The van der Waals surface area contributed by atoms with Gasteiger partial charge in [0.15, 0.2) is 11.5 Å². The lowest BCUT2D eigenvalue weighted by Gasteiger charge is -2.23. The van der Waals surface area contributed by atoms with Crippen LogP contribution in [0.15, 0.2) is 24.3 Å². The lowest BCUT2D eigenvalue weighted by Crippen LogP contribution is -2.51. The van der Waals surface area contributed by atoms with E-state index in [-0.39, 0.29) is 6.61 Å². The van der Waals surface area contributed by atoms with Gasteiger partial charge in [0.2, 0.25) is 0 Å². The molecular formula is C14H21NO4. The lowest BCUT2D eigenvalue weighted by molar-refractivity contribution is -0.150. The van der Waals surface area contributed by atoms with Crippen LogP contribution in [0.5, 0.6) is 11.5 Å². The molecule has 106 valence electrons. The number of rotatable bonds is 7. The summed E-state index contributed by atoms with van der Waals surface area (Å²) in [6, 6.07) is 7.25. The highest BCUT2D eigenvalue weighted by Crippen LogP contribution is 2.27. The van der Waals surface area contributed by atoms with E-state index in [1.54, 1.807) is 26.0 Å². The van der Waals surface area contributed by atoms with Gasteiger partial charge in [-0.1, -0.05) is 12.1 Å². The zero-order chi connectivity index (χ0) is 14.3. The molecule has 0 saturated heterocycles. The Labute approximate surface area is 113 Å². The highest BCUT2D eigenvalue weighted by Gasteiger charge is 2.31. The Balaban J connectivity index is 2.68. The number of esters is 1. The van der Waals surface area contributed by atoms with Crippen LogP contribution in [0, 0.1) is 0 Å². The van der Waals surface area contributed by atoms with Crippen LogP contribution in [0.3, 0.4) is 0 Å². The maximum Gasteiger partial charge on any atom is 0.329 e. The number of ether oxygens (including phenoxy) is 3. The fourth-order valence-electron chi connectivity index (χ4n) is 1.43. The molecule has 0 amide bonds. The Bertz CT molecular complexity index is 418. The molecular weight excluding hydrogens is 246 g/mol. The van der Waals surface area contributed by atoms with Gasteiger partial charge >= 0.3 is 5.97 Å². The topological polar surface area (TPSA) is 70.8 Å². The second-order valence-electron chi connectivity index (χ2n) is 4.31. The van der Waals surface area contributed by atoms with Crippen LogP contribution in [-0.4, -0.2) is 31.3 Å². The van der Waals surface area contributed by atoms with Crippen LogP contribution in [0.1, 0.15) is 20.8 Å². The van der Waals surface area contributed by atoms with Crippen molar-refractivity contribution in [3.63, 3.8) is 0 Å². The molecule has 0 aliphatic carbocycles. The number of nitrogens with two attached hydrogens (primary N) is 1. The van der Waals surface area contributed by atoms with Crippen LogP contribution in [0.2, 0.25) is 0 Å². The lowest BCUT2D eigenvalue weighted by atomic mass is 10.1. The molecule has 1 rings (SSSR count). The predicted molar refractivity (Wildman–Crippen MR) is 72.3 cm³/mol. The molecule has 0 radical (unpaired) electrons. The first-order chi connectivity index (χ1) is 9.01. The summed E-state index contributed by atoms with van der Waals surface area (Å²) in [6.45, 7) is 6.06. The minimum absolute atomic E-state index is 0.0237. The zero-order valence-electron chi connectivity index (χ0n) is 11.6. The summed E-state index contributed by atoms with van der Waals surface area (Å²) in [5.41, 5.74) is 4.69. The molecule has 19 heavy (non-hydrogen) atoms. The number of carbonyl (C=O) groups excluding carboxylic acids is 1. The van der Waals surface area contributed by atoms with Crippen LogP contribution >= 0.6 is 0 Å². The van der Waals surface area contributed by atoms with Crippen LogP contribution < -0.4 is 15.2 Å². The summed E-state index contributed by atoms with van der Waals surface area (Å²) in [5, 5.41) is 0. The number of para-hydroxylation sites is 2. The molecule has 1 aromatic rings. The van der Waals surface area contributed by atoms with Gasteiger partial charge in [-0.05, 0) is 32.9 Å². The molecule has 0 bridgehead atoms. The van der Waals surface area contributed by atoms with Crippen LogP contribution in [0.25, 0.3) is 0 Å². The molecule has 0 aromatic heterocycles. The summed E-state index contributed by atoms with van der Waals surface area (Å²) in [6.07, 6.45) is 0. The van der Waals surface area contributed by atoms with E-state index >= 15 is 0 Å². The summed E-state index contributed by atoms with van der Waals surface area (Å²) < 4.78 is 15.9. The van der Waals surface area contributed by atoms with Crippen molar-refractivity contribution >= 4 is 5.97 Å². The van der Waals surface area contributed by atoms with Gasteiger partial charge in [0, 0.05) is 0 Å². The summed E-state index contributed by atoms with van der Waals surface area (Å²) in [7, 11) is 0. The van der Waals surface area contributed by atoms with Crippen molar-refractivity contribution in [2.24, 2.45) is 5.73 Å². The summed E-state index contributed by atoms with van der Waals surface area (Å²) in [4.78, 5) is 11.6. The van der Waals surface area contributed by atoms with E-state index in [4.69, 9.17) is 19.9 Å². The predicted octanol–water partition coefficient (Wildman–Crippen LogP) is 1.74. The molecule has 0 spiro atoms. The van der Waals surface area contributed by atoms with Gasteiger partial charge in [0.1, 0.15) is 12.1 Å². The molecule has 2 N–H and O–H groups in total. The Kier molecular flexibility index (Phi) is 5.63. The maximum absolute atomic E-state index is 11.6. The van der Waals surface area contributed by atoms with Crippen molar-refractivity contribution in [1.29, 1.82) is 0 Å². The molecule has 1 atom stereocenters. The van der Waals surface area contributed by atoms with Crippen molar-refractivity contribution < 1.29 is 19.0 Å². The number of hydrogen-bond acceptors (Lipinski definition) is 5. The second-order valence-corrected chi connectivity index (χ2v) is 4.31. The van der Waals surface area contributed by atoms with Crippen molar-refractivity contribution in [3.8, 4) is 11.5 Å². The van der Waals surface area contributed by atoms with E-state index < -0.39 is 11.5 Å². The molecule has 0 aliphatic rings. The van der Waals surface area contributed by atoms with Crippen LogP contribution in [0.4, 0.5) is 0 Å². The second kappa shape index (κ2) is 6.99. The molecule has 0 aliphatic heterocycles. The molecule has 1 unspecified atom stereocenters. The highest BCUT2D eigenvalue weighted by molar-refractivity contribution is 5.80. The van der Waals surface area contributed by atoms with Gasteiger partial charge in [-0.15, -0.1) is 0 Å². The molecule has 1 aromatic carbocycles. The Morgan fingerprint density at radius 1 is 1.16 bits per heavy atom. The normalized spacial score (nSPS) is 13.5. The fourth-order valence-corrected chi connectivity index (χ4v) is 1.43. The first-order valence-corrected chi connectivity index (χ1v) is 6.32. The third-order valence-electron chi connectivity index (χ3n) is 2.42. The summed E-state index contributed by atoms with van der Waals surface area (Å²) in [5.74, 6) is 0.707. The number of carbonyl (C=O) groups is 1. The fraction of sp³-hybridized carbons (Fsp3) is 0.500. The smallest absolute Gasteiger partial charge is 0.329 e. The van der Waals surface area contributed by atoms with Crippen molar-refractivity contribution in [2.75, 3.05) is 19.8 Å². The van der Waals surface area contributed by atoms with E-state index in [2.05, 4.69) is 0 Å². The minimum atomic E-state index is -1.19. The molecule has 0 fully saturated rings. The van der Waals surface area contributed by atoms with E-state index in [0.717, 1.165) is 0 Å². The average Bonchev–Trinajstić information content (AvgIpc) is 2.38. The van der Waals surface area contributed by atoms with E-state index in [9.17, 15) is 4.79 Å². The largest absolute Gasteiger partial charge is 0.490 e. The third-order valence-corrected chi connectivity index (χ3v) is 2.42.